The van der Waals surface area contributed by atoms with Gasteiger partial charge in [0.1, 0.15) is 10.1 Å². The topological polar surface area (TPSA) is 57.2 Å². The monoisotopic (exact) mass is 622 g/mol. The second kappa shape index (κ2) is 25.8. The molecule has 0 amide bonds. The molecule has 0 aliphatic rings. The molecule has 2 rings (SSSR count). The smallest absolute Gasteiger partial charge is 0.744 e. The maximum atomic E-state index is 12.0. The molecule has 240 valence electrons. The molecule has 0 heterocycles. The third-order valence-electron chi connectivity index (χ3n) is 9.08. The van der Waals surface area contributed by atoms with Crippen LogP contribution in [0.15, 0.2) is 35.2 Å². The number of hydrogen-bond donors (Lipinski definition) is 0. The van der Waals surface area contributed by atoms with Crippen LogP contribution in [-0.2, 0) is 23.0 Å². The molecule has 0 atom stereocenters. The first-order valence-corrected chi connectivity index (χ1v) is 19.4. The Morgan fingerprint density at radius 3 is 1.30 bits per heavy atom. The molecule has 0 unspecified atom stereocenters. The molecule has 2 aromatic carbocycles. The molecule has 0 bridgehead atoms. The molecule has 43 heavy (non-hydrogen) atoms. The summed E-state index contributed by atoms with van der Waals surface area (Å²) in [5.41, 5.74) is 2.62. The van der Waals surface area contributed by atoms with Gasteiger partial charge in [0, 0.05) is 0 Å². The number of fused-ring (bicyclic) bond motifs is 1. The fourth-order valence-electron chi connectivity index (χ4n) is 6.48. The van der Waals surface area contributed by atoms with Crippen LogP contribution in [0.2, 0.25) is 0 Å². The van der Waals surface area contributed by atoms with Crippen LogP contribution in [0.25, 0.3) is 10.8 Å². The minimum absolute atomic E-state index is 0. The Hall–Kier alpha value is -0.390. The molecule has 0 radical (unpaired) electrons. The Bertz CT molecular complexity index is 1070. The van der Waals surface area contributed by atoms with Gasteiger partial charge in [-0.05, 0) is 53.6 Å². The van der Waals surface area contributed by atoms with Crippen molar-refractivity contribution in [2.75, 3.05) is 0 Å². The number of aryl methyl sites for hydroxylation is 2. The van der Waals surface area contributed by atoms with Gasteiger partial charge < -0.3 is 4.55 Å². The molecule has 3 nitrogen and oxygen atoms in total. The van der Waals surface area contributed by atoms with Gasteiger partial charge in [-0.3, -0.25) is 0 Å². The average molecular weight is 623 g/mol. The van der Waals surface area contributed by atoms with Crippen LogP contribution in [0, 0.1) is 0 Å². The van der Waals surface area contributed by atoms with Gasteiger partial charge in [0.25, 0.3) is 0 Å². The Balaban J connectivity index is 0.00000924. The van der Waals surface area contributed by atoms with E-state index < -0.39 is 10.1 Å². The molecular formula is C38H63NaO3S. The SMILES string of the molecule is CCCCCCCCCCCCCCc1ccc2c(S(=O)(=O)[O-])cccc2c1CCCCCCCCCCCCCC.[Na+]. The van der Waals surface area contributed by atoms with Gasteiger partial charge in [0.05, 0.1) is 4.90 Å². The van der Waals surface area contributed by atoms with Gasteiger partial charge in [-0.2, -0.15) is 0 Å². The van der Waals surface area contributed by atoms with Crippen molar-refractivity contribution in [1.82, 2.24) is 0 Å². The number of hydrogen-bond acceptors (Lipinski definition) is 3. The molecule has 2 aromatic rings. The van der Waals surface area contributed by atoms with E-state index in [1.165, 1.54) is 165 Å². The minimum atomic E-state index is -4.50. The van der Waals surface area contributed by atoms with Crippen molar-refractivity contribution in [3.8, 4) is 0 Å². The predicted molar refractivity (Wildman–Crippen MR) is 181 cm³/mol. The van der Waals surface area contributed by atoms with E-state index in [-0.39, 0.29) is 34.5 Å². The second-order valence-corrected chi connectivity index (χ2v) is 14.1. The molecule has 0 aliphatic heterocycles. The van der Waals surface area contributed by atoms with Crippen LogP contribution >= 0.6 is 0 Å². The molecule has 0 saturated heterocycles. The van der Waals surface area contributed by atoms with Crippen molar-refractivity contribution < 1.29 is 42.5 Å². The summed E-state index contributed by atoms with van der Waals surface area (Å²) >= 11 is 0. The summed E-state index contributed by atoms with van der Waals surface area (Å²) in [7, 11) is -4.50. The quantitative estimate of drug-likeness (QED) is 0.0567. The van der Waals surface area contributed by atoms with Crippen LogP contribution < -0.4 is 29.6 Å². The number of benzene rings is 2. The van der Waals surface area contributed by atoms with Crippen LogP contribution in [0.1, 0.15) is 179 Å². The van der Waals surface area contributed by atoms with Gasteiger partial charge in [-0.15, -0.1) is 0 Å². The van der Waals surface area contributed by atoms with E-state index >= 15 is 0 Å². The van der Waals surface area contributed by atoms with Crippen LogP contribution in [-0.4, -0.2) is 13.0 Å². The van der Waals surface area contributed by atoms with Crippen molar-refractivity contribution >= 4 is 20.9 Å². The largest absolute Gasteiger partial charge is 1.00 e. The van der Waals surface area contributed by atoms with E-state index in [2.05, 4.69) is 19.9 Å². The van der Waals surface area contributed by atoms with E-state index in [1.54, 1.807) is 6.07 Å². The molecular weight excluding hydrogens is 559 g/mol. The van der Waals surface area contributed by atoms with E-state index in [0.717, 1.165) is 24.6 Å². The maximum Gasteiger partial charge on any atom is 1.00 e. The van der Waals surface area contributed by atoms with Gasteiger partial charge >= 0.3 is 29.6 Å². The first-order chi connectivity index (χ1) is 20.5. The average Bonchev–Trinajstić information content (AvgIpc) is 2.98. The molecule has 5 heteroatoms. The van der Waals surface area contributed by atoms with Crippen LogP contribution in [0.5, 0.6) is 0 Å². The molecule has 0 fully saturated rings. The summed E-state index contributed by atoms with van der Waals surface area (Å²) in [5.74, 6) is 0. The minimum Gasteiger partial charge on any atom is -0.744 e. The third-order valence-corrected chi connectivity index (χ3v) is 9.97. The van der Waals surface area contributed by atoms with E-state index in [4.69, 9.17) is 0 Å². The van der Waals surface area contributed by atoms with Crippen molar-refractivity contribution in [3.05, 3.63) is 41.5 Å². The summed E-state index contributed by atoms with van der Waals surface area (Å²) in [4.78, 5) is -0.0761. The van der Waals surface area contributed by atoms with E-state index in [0.29, 0.717) is 5.39 Å². The van der Waals surface area contributed by atoms with E-state index in [9.17, 15) is 13.0 Å². The summed E-state index contributed by atoms with van der Waals surface area (Å²) in [6, 6.07) is 9.20. The summed E-state index contributed by atoms with van der Waals surface area (Å²) in [6.45, 7) is 4.55. The summed E-state index contributed by atoms with van der Waals surface area (Å²) < 4.78 is 35.9. The van der Waals surface area contributed by atoms with Crippen LogP contribution in [0.4, 0.5) is 0 Å². The number of unbranched alkanes of at least 4 members (excludes halogenated alkanes) is 22. The summed E-state index contributed by atoms with van der Waals surface area (Å²) in [5, 5.41) is 1.56. The zero-order chi connectivity index (χ0) is 30.3. The Morgan fingerprint density at radius 2 is 0.884 bits per heavy atom. The molecule has 0 N–H and O–H groups in total. The normalized spacial score (nSPS) is 11.7. The predicted octanol–water partition coefficient (Wildman–Crippen LogP) is 9.24. The molecule has 0 saturated carbocycles. The zero-order valence-electron chi connectivity index (χ0n) is 28.4. The Labute approximate surface area is 288 Å². The second-order valence-electron chi connectivity index (χ2n) is 12.8. The van der Waals surface area contributed by atoms with Gasteiger partial charge in [0.15, 0.2) is 0 Å². The Kier molecular flexibility index (Phi) is 24.3. The zero-order valence-corrected chi connectivity index (χ0v) is 31.2. The summed E-state index contributed by atoms with van der Waals surface area (Å²) in [6.07, 6.45) is 34.0. The first kappa shape index (κ1) is 40.6. The van der Waals surface area contributed by atoms with Crippen molar-refractivity contribution in [3.63, 3.8) is 0 Å². The van der Waals surface area contributed by atoms with Gasteiger partial charge in [-0.25, -0.2) is 8.42 Å². The van der Waals surface area contributed by atoms with Crippen LogP contribution in [0.3, 0.4) is 0 Å². The number of rotatable bonds is 27. The maximum absolute atomic E-state index is 12.0. The fraction of sp³-hybridized carbons (Fsp3) is 0.737. The molecule has 0 aliphatic carbocycles. The Morgan fingerprint density at radius 1 is 0.488 bits per heavy atom. The van der Waals surface area contributed by atoms with Crippen molar-refractivity contribution in [2.45, 2.75) is 186 Å². The van der Waals surface area contributed by atoms with Crippen molar-refractivity contribution in [2.24, 2.45) is 0 Å². The molecule has 0 spiro atoms. The standard InChI is InChI=1S/C38H64O3S.Na/c1-3-5-7-9-11-13-15-17-19-21-23-25-28-34-32-33-37-36(30-27-31-38(37)42(39,40)41)35(34)29-26-24-22-20-18-16-14-12-10-8-6-4-2;/h27,30-33H,3-26,28-29H2,1-2H3,(H,39,40,41);/q;+1/p-1. The third kappa shape index (κ3) is 17.8. The molecule has 0 aromatic heterocycles. The van der Waals surface area contributed by atoms with Gasteiger partial charge in [-0.1, -0.05) is 179 Å². The first-order valence-electron chi connectivity index (χ1n) is 18.0. The van der Waals surface area contributed by atoms with Gasteiger partial charge in [0.2, 0.25) is 0 Å². The van der Waals surface area contributed by atoms with Crippen molar-refractivity contribution in [1.29, 1.82) is 0 Å². The van der Waals surface area contributed by atoms with E-state index in [1.807, 2.05) is 12.1 Å². The fourth-order valence-corrected chi connectivity index (χ4v) is 7.18.